The second kappa shape index (κ2) is 4.06. The molecule has 0 unspecified atom stereocenters. The van der Waals surface area contributed by atoms with Crippen LogP contribution in [-0.4, -0.2) is 16.8 Å². The Hall–Kier alpha value is -2.50. The third kappa shape index (κ3) is 1.88. The van der Waals surface area contributed by atoms with Crippen molar-refractivity contribution in [3.8, 4) is 23.1 Å². The number of hydrogen-bond acceptors (Lipinski definition) is 6. The van der Waals surface area contributed by atoms with Gasteiger partial charge in [0.2, 0.25) is 18.6 Å². The van der Waals surface area contributed by atoms with E-state index in [0.29, 0.717) is 23.1 Å². The minimum absolute atomic E-state index is 0.177. The number of fused-ring (bicyclic) bond motifs is 1. The molecule has 0 aliphatic carbocycles. The van der Waals surface area contributed by atoms with Crippen molar-refractivity contribution < 1.29 is 14.2 Å². The molecule has 2 aromatic rings. The molecule has 2 N–H and O–H groups in total. The van der Waals surface area contributed by atoms with Gasteiger partial charge in [-0.1, -0.05) is 0 Å². The second-order valence-corrected chi connectivity index (χ2v) is 3.83. The molecule has 0 fully saturated rings. The third-order valence-corrected chi connectivity index (χ3v) is 2.50. The van der Waals surface area contributed by atoms with E-state index < -0.39 is 0 Å². The van der Waals surface area contributed by atoms with Crippen LogP contribution in [0.5, 0.6) is 23.1 Å². The smallest absolute Gasteiger partial charge is 0.231 e. The number of hydrogen-bond donors (Lipinski definition) is 1. The van der Waals surface area contributed by atoms with Crippen LogP contribution in [0.2, 0.25) is 0 Å². The molecule has 0 saturated heterocycles. The molecular formula is C12H11N3O3. The summed E-state index contributed by atoms with van der Waals surface area (Å²) in [7, 11) is 0. The predicted molar refractivity (Wildman–Crippen MR) is 63.8 cm³/mol. The molecule has 6 heteroatoms. The van der Waals surface area contributed by atoms with E-state index in [9.17, 15) is 0 Å². The van der Waals surface area contributed by atoms with Crippen LogP contribution >= 0.6 is 0 Å². The number of anilines is 1. The van der Waals surface area contributed by atoms with Crippen LogP contribution in [0.15, 0.2) is 24.4 Å². The van der Waals surface area contributed by atoms with E-state index in [4.69, 9.17) is 19.9 Å². The van der Waals surface area contributed by atoms with Crippen molar-refractivity contribution in [3.63, 3.8) is 0 Å². The monoisotopic (exact) mass is 245 g/mol. The van der Waals surface area contributed by atoms with Crippen molar-refractivity contribution >= 4 is 5.95 Å². The number of aromatic nitrogens is 2. The number of nitrogens with zero attached hydrogens (tertiary/aromatic N) is 2. The predicted octanol–water partition coefficient (Wildman–Crippen LogP) is 1.89. The maximum Gasteiger partial charge on any atom is 0.231 e. The zero-order valence-corrected chi connectivity index (χ0v) is 9.71. The second-order valence-electron chi connectivity index (χ2n) is 3.83. The minimum atomic E-state index is 0.177. The van der Waals surface area contributed by atoms with Crippen molar-refractivity contribution in [2.75, 3.05) is 12.5 Å². The fourth-order valence-electron chi connectivity index (χ4n) is 1.59. The average Bonchev–Trinajstić information content (AvgIpc) is 2.81. The fourth-order valence-corrected chi connectivity index (χ4v) is 1.59. The molecule has 1 aromatic heterocycles. The Labute approximate surface area is 103 Å². The number of benzene rings is 1. The van der Waals surface area contributed by atoms with Gasteiger partial charge in [-0.25, -0.2) is 4.98 Å². The van der Waals surface area contributed by atoms with Crippen LogP contribution in [0.25, 0.3) is 0 Å². The summed E-state index contributed by atoms with van der Waals surface area (Å²) in [6, 6.07) is 5.32. The summed E-state index contributed by atoms with van der Waals surface area (Å²) in [4.78, 5) is 7.91. The van der Waals surface area contributed by atoms with E-state index in [0.717, 1.165) is 5.56 Å². The van der Waals surface area contributed by atoms with Crippen molar-refractivity contribution in [1.29, 1.82) is 0 Å². The van der Waals surface area contributed by atoms with Crippen molar-refractivity contribution in [1.82, 2.24) is 9.97 Å². The van der Waals surface area contributed by atoms with Gasteiger partial charge in [0.25, 0.3) is 0 Å². The molecular weight excluding hydrogens is 234 g/mol. The van der Waals surface area contributed by atoms with E-state index in [2.05, 4.69) is 9.97 Å². The maximum atomic E-state index is 5.65. The Balaban J connectivity index is 1.90. The first kappa shape index (κ1) is 10.6. The maximum absolute atomic E-state index is 5.65. The average molecular weight is 245 g/mol. The van der Waals surface area contributed by atoms with Crippen molar-refractivity contribution in [2.45, 2.75) is 6.92 Å². The lowest BCUT2D eigenvalue weighted by Crippen LogP contribution is -1.98. The molecule has 92 valence electrons. The van der Waals surface area contributed by atoms with E-state index in [1.807, 2.05) is 6.92 Å². The summed E-state index contributed by atoms with van der Waals surface area (Å²) in [5.41, 5.74) is 6.33. The topological polar surface area (TPSA) is 79.5 Å². The van der Waals surface area contributed by atoms with Gasteiger partial charge >= 0.3 is 0 Å². The lowest BCUT2D eigenvalue weighted by atomic mass is 10.3. The first-order valence-corrected chi connectivity index (χ1v) is 5.39. The highest BCUT2D eigenvalue weighted by Crippen LogP contribution is 2.36. The highest BCUT2D eigenvalue weighted by atomic mass is 16.7. The van der Waals surface area contributed by atoms with Crippen LogP contribution in [0.3, 0.4) is 0 Å². The zero-order valence-electron chi connectivity index (χ0n) is 9.71. The standard InChI is InChI=1S/C12H11N3O3/c1-7-5-14-12(13)15-11(7)18-8-2-3-9-10(4-8)17-6-16-9/h2-5H,6H2,1H3,(H2,13,14,15). The van der Waals surface area contributed by atoms with Crippen LogP contribution in [-0.2, 0) is 0 Å². The van der Waals surface area contributed by atoms with Gasteiger partial charge in [0, 0.05) is 17.8 Å². The molecule has 0 radical (unpaired) electrons. The molecule has 2 heterocycles. The van der Waals surface area contributed by atoms with E-state index in [-0.39, 0.29) is 12.7 Å². The van der Waals surface area contributed by atoms with E-state index in [1.165, 1.54) is 0 Å². The first-order chi connectivity index (χ1) is 8.72. The Bertz CT molecular complexity index is 601. The van der Waals surface area contributed by atoms with Gasteiger partial charge in [0.1, 0.15) is 5.75 Å². The summed E-state index contributed by atoms with van der Waals surface area (Å²) in [5, 5.41) is 0. The molecule has 6 nitrogen and oxygen atoms in total. The Kier molecular flexibility index (Phi) is 2.40. The fraction of sp³-hybridized carbons (Fsp3) is 0.167. The van der Waals surface area contributed by atoms with Gasteiger partial charge in [-0.15, -0.1) is 0 Å². The minimum Gasteiger partial charge on any atom is -0.454 e. The molecule has 0 amide bonds. The molecule has 0 saturated carbocycles. The Morgan fingerprint density at radius 1 is 1.28 bits per heavy atom. The van der Waals surface area contributed by atoms with Crippen LogP contribution < -0.4 is 19.9 Å². The molecule has 0 bridgehead atoms. The van der Waals surface area contributed by atoms with Crippen LogP contribution in [0.1, 0.15) is 5.56 Å². The molecule has 0 spiro atoms. The van der Waals surface area contributed by atoms with Gasteiger partial charge in [-0.3, -0.25) is 0 Å². The number of rotatable bonds is 2. The quantitative estimate of drug-likeness (QED) is 0.870. The molecule has 0 atom stereocenters. The van der Waals surface area contributed by atoms with Gasteiger partial charge in [-0.2, -0.15) is 4.98 Å². The molecule has 1 aliphatic heterocycles. The van der Waals surface area contributed by atoms with Crippen molar-refractivity contribution in [2.24, 2.45) is 0 Å². The normalized spacial score (nSPS) is 12.5. The molecule has 3 rings (SSSR count). The number of nitrogens with two attached hydrogens (primary N) is 1. The number of aryl methyl sites for hydroxylation is 1. The lowest BCUT2D eigenvalue weighted by Gasteiger charge is -2.08. The van der Waals surface area contributed by atoms with Gasteiger partial charge in [0.05, 0.1) is 0 Å². The van der Waals surface area contributed by atoms with Crippen LogP contribution in [0, 0.1) is 6.92 Å². The van der Waals surface area contributed by atoms with E-state index >= 15 is 0 Å². The highest BCUT2D eigenvalue weighted by Gasteiger charge is 2.14. The van der Waals surface area contributed by atoms with Gasteiger partial charge < -0.3 is 19.9 Å². The van der Waals surface area contributed by atoms with Crippen molar-refractivity contribution in [3.05, 3.63) is 30.0 Å². The molecule has 1 aromatic carbocycles. The van der Waals surface area contributed by atoms with E-state index in [1.54, 1.807) is 24.4 Å². The van der Waals surface area contributed by atoms with Gasteiger partial charge in [-0.05, 0) is 19.1 Å². The Morgan fingerprint density at radius 3 is 3.00 bits per heavy atom. The summed E-state index contributed by atoms with van der Waals surface area (Å²) < 4.78 is 16.1. The summed E-state index contributed by atoms with van der Waals surface area (Å²) in [5.74, 6) is 2.59. The largest absolute Gasteiger partial charge is 0.454 e. The lowest BCUT2D eigenvalue weighted by molar-refractivity contribution is 0.174. The Morgan fingerprint density at radius 2 is 2.11 bits per heavy atom. The van der Waals surface area contributed by atoms with Gasteiger partial charge in [0.15, 0.2) is 11.5 Å². The molecule has 18 heavy (non-hydrogen) atoms. The highest BCUT2D eigenvalue weighted by molar-refractivity contribution is 5.48. The summed E-state index contributed by atoms with van der Waals surface area (Å²) >= 11 is 0. The summed E-state index contributed by atoms with van der Waals surface area (Å²) in [6.45, 7) is 2.08. The number of nitrogen functional groups attached to an aromatic ring is 1. The SMILES string of the molecule is Cc1cnc(N)nc1Oc1ccc2c(c1)OCO2. The third-order valence-electron chi connectivity index (χ3n) is 2.50. The first-order valence-electron chi connectivity index (χ1n) is 5.39. The van der Waals surface area contributed by atoms with Crippen LogP contribution in [0.4, 0.5) is 5.95 Å². The number of ether oxygens (including phenoxy) is 3. The zero-order chi connectivity index (χ0) is 12.5. The summed E-state index contributed by atoms with van der Waals surface area (Å²) in [6.07, 6.45) is 1.62. The molecule has 1 aliphatic rings.